The monoisotopic (exact) mass is 411 g/mol. The van der Waals surface area contributed by atoms with Gasteiger partial charge in [0.15, 0.2) is 0 Å². The molecule has 0 unspecified atom stereocenters. The molecule has 3 aromatic rings. The van der Waals surface area contributed by atoms with Crippen LogP contribution >= 0.6 is 0 Å². The van der Waals surface area contributed by atoms with Crippen LogP contribution in [0.3, 0.4) is 0 Å². The van der Waals surface area contributed by atoms with Crippen molar-refractivity contribution < 1.29 is 19.0 Å². The number of nitrogens with zero attached hydrogens (tertiary/aromatic N) is 1. The van der Waals surface area contributed by atoms with E-state index in [2.05, 4.69) is 36.9 Å². The molecule has 0 atom stereocenters. The normalized spacial score (nSPS) is 11.4. The zero-order valence-corrected chi connectivity index (χ0v) is 18.3. The second-order valence-electron chi connectivity index (χ2n) is 7.40. The number of furan rings is 1. The summed E-state index contributed by atoms with van der Waals surface area (Å²) in [6.45, 7) is 8.34. The van der Waals surface area contributed by atoms with Crippen LogP contribution in [0.2, 0.25) is 0 Å². The molecular weight excluding hydrogens is 378 g/mol. The van der Waals surface area contributed by atoms with E-state index in [0.717, 1.165) is 72.7 Å². The molecule has 30 heavy (non-hydrogen) atoms. The van der Waals surface area contributed by atoms with Gasteiger partial charge < -0.3 is 23.9 Å². The number of rotatable bonds is 12. The van der Waals surface area contributed by atoms with E-state index in [0.29, 0.717) is 6.61 Å². The number of ether oxygens (including phenoxy) is 2. The average Bonchev–Trinajstić information content (AvgIpc) is 3.20. The Labute approximate surface area is 179 Å². The second-order valence-corrected chi connectivity index (χ2v) is 7.40. The first-order valence-corrected chi connectivity index (χ1v) is 10.8. The fourth-order valence-corrected chi connectivity index (χ4v) is 3.63. The lowest BCUT2D eigenvalue weighted by Gasteiger charge is -2.18. The third kappa shape index (κ3) is 5.55. The predicted molar refractivity (Wildman–Crippen MR) is 122 cm³/mol. The van der Waals surface area contributed by atoms with Crippen LogP contribution in [-0.4, -0.2) is 50.0 Å². The third-order valence-corrected chi connectivity index (χ3v) is 5.43. The molecule has 1 N–H and O–H groups in total. The van der Waals surface area contributed by atoms with E-state index in [1.54, 1.807) is 7.11 Å². The Morgan fingerprint density at radius 2 is 1.83 bits per heavy atom. The molecule has 0 aliphatic carbocycles. The van der Waals surface area contributed by atoms with Gasteiger partial charge in [-0.15, -0.1) is 0 Å². The van der Waals surface area contributed by atoms with E-state index in [9.17, 15) is 0 Å². The molecule has 0 saturated heterocycles. The zero-order valence-electron chi connectivity index (χ0n) is 18.3. The van der Waals surface area contributed by atoms with Gasteiger partial charge in [0.2, 0.25) is 0 Å². The highest BCUT2D eigenvalue weighted by atomic mass is 16.5. The molecule has 3 rings (SSSR count). The Hall–Kier alpha value is -2.50. The van der Waals surface area contributed by atoms with Crippen LogP contribution in [0.25, 0.3) is 22.3 Å². The van der Waals surface area contributed by atoms with E-state index in [-0.39, 0.29) is 6.61 Å². The van der Waals surface area contributed by atoms with Gasteiger partial charge in [-0.3, -0.25) is 0 Å². The minimum atomic E-state index is 0.204. The number of aryl methyl sites for hydroxylation is 1. The summed E-state index contributed by atoms with van der Waals surface area (Å²) in [6.07, 6.45) is 2.59. The zero-order chi connectivity index (χ0) is 21.3. The molecule has 5 nitrogen and oxygen atoms in total. The molecule has 1 heterocycles. The van der Waals surface area contributed by atoms with Crippen LogP contribution in [0, 0.1) is 0 Å². The van der Waals surface area contributed by atoms with E-state index in [1.165, 1.54) is 5.56 Å². The van der Waals surface area contributed by atoms with Crippen molar-refractivity contribution in [3.8, 4) is 22.8 Å². The van der Waals surface area contributed by atoms with E-state index >= 15 is 0 Å². The number of hydrogen-bond donors (Lipinski definition) is 1. The minimum absolute atomic E-state index is 0.204. The molecule has 5 heteroatoms. The SMILES string of the molecule is CCN(CC)CCCOc1cc(OC)ccc1-c1cc2cc(CCCO)ccc2o1. The molecule has 0 saturated carbocycles. The van der Waals surface area contributed by atoms with Crippen molar-refractivity contribution in [3.05, 3.63) is 48.0 Å². The van der Waals surface area contributed by atoms with Crippen molar-refractivity contribution >= 4 is 11.0 Å². The molecule has 2 aromatic carbocycles. The van der Waals surface area contributed by atoms with Crippen LogP contribution in [-0.2, 0) is 6.42 Å². The van der Waals surface area contributed by atoms with Gasteiger partial charge in [-0.05, 0) is 68.2 Å². The maximum absolute atomic E-state index is 9.07. The number of fused-ring (bicyclic) bond motifs is 1. The Kier molecular flexibility index (Phi) is 8.17. The van der Waals surface area contributed by atoms with Gasteiger partial charge in [-0.1, -0.05) is 19.9 Å². The Morgan fingerprint density at radius 3 is 2.57 bits per heavy atom. The lowest BCUT2D eigenvalue weighted by atomic mass is 10.1. The third-order valence-electron chi connectivity index (χ3n) is 5.43. The number of hydrogen-bond acceptors (Lipinski definition) is 5. The minimum Gasteiger partial charge on any atom is -0.497 e. The van der Waals surface area contributed by atoms with Gasteiger partial charge in [0.1, 0.15) is 22.8 Å². The standard InChI is InChI=1S/C25H33NO4/c1-4-26(5-2)13-7-15-29-24-18-21(28-3)10-11-22(24)25-17-20-16-19(8-6-14-27)9-12-23(20)30-25/h9-12,16-18,27H,4-8,13-15H2,1-3H3. The van der Waals surface area contributed by atoms with Gasteiger partial charge in [-0.2, -0.15) is 0 Å². The summed E-state index contributed by atoms with van der Waals surface area (Å²) in [5.74, 6) is 2.32. The topological polar surface area (TPSA) is 55.1 Å². The highest BCUT2D eigenvalue weighted by Crippen LogP contribution is 2.37. The fourth-order valence-electron chi connectivity index (χ4n) is 3.63. The molecule has 0 bridgehead atoms. The summed E-state index contributed by atoms with van der Waals surface area (Å²) in [6, 6.07) is 14.1. The van der Waals surface area contributed by atoms with Crippen molar-refractivity contribution in [2.24, 2.45) is 0 Å². The highest BCUT2D eigenvalue weighted by molar-refractivity contribution is 5.84. The summed E-state index contributed by atoms with van der Waals surface area (Å²) in [5.41, 5.74) is 2.97. The average molecular weight is 412 g/mol. The summed E-state index contributed by atoms with van der Waals surface area (Å²) < 4.78 is 17.7. The van der Waals surface area contributed by atoms with Crippen molar-refractivity contribution in [3.63, 3.8) is 0 Å². The summed E-state index contributed by atoms with van der Waals surface area (Å²) in [4.78, 5) is 2.39. The lowest BCUT2D eigenvalue weighted by molar-refractivity contribution is 0.249. The molecule has 0 aliphatic rings. The van der Waals surface area contributed by atoms with Crippen LogP contribution < -0.4 is 9.47 Å². The van der Waals surface area contributed by atoms with Crippen molar-refractivity contribution in [1.29, 1.82) is 0 Å². The van der Waals surface area contributed by atoms with Crippen LogP contribution in [0.5, 0.6) is 11.5 Å². The number of aliphatic hydroxyl groups is 1. The van der Waals surface area contributed by atoms with E-state index in [1.807, 2.05) is 24.3 Å². The van der Waals surface area contributed by atoms with Crippen LogP contribution in [0.4, 0.5) is 0 Å². The van der Waals surface area contributed by atoms with Gasteiger partial charge in [0.05, 0.1) is 19.3 Å². The van der Waals surface area contributed by atoms with E-state index < -0.39 is 0 Å². The first-order valence-electron chi connectivity index (χ1n) is 10.8. The fraction of sp³-hybridized carbons (Fsp3) is 0.440. The number of benzene rings is 2. The molecule has 0 spiro atoms. The first-order chi connectivity index (χ1) is 14.7. The smallest absolute Gasteiger partial charge is 0.139 e. The van der Waals surface area contributed by atoms with Crippen molar-refractivity contribution in [2.45, 2.75) is 33.1 Å². The first kappa shape index (κ1) is 22.2. The largest absolute Gasteiger partial charge is 0.497 e. The van der Waals surface area contributed by atoms with Crippen LogP contribution in [0.1, 0.15) is 32.3 Å². The van der Waals surface area contributed by atoms with Crippen molar-refractivity contribution in [2.75, 3.05) is 40.0 Å². The molecule has 0 radical (unpaired) electrons. The summed E-state index contributed by atoms with van der Waals surface area (Å²) >= 11 is 0. The maximum Gasteiger partial charge on any atom is 0.139 e. The second kappa shape index (κ2) is 11.0. The maximum atomic E-state index is 9.07. The summed E-state index contributed by atoms with van der Waals surface area (Å²) in [7, 11) is 1.66. The van der Waals surface area contributed by atoms with Crippen molar-refractivity contribution in [1.82, 2.24) is 4.90 Å². The van der Waals surface area contributed by atoms with Gasteiger partial charge in [0, 0.05) is 24.6 Å². The summed E-state index contributed by atoms with van der Waals surface area (Å²) in [5, 5.41) is 10.1. The van der Waals surface area contributed by atoms with Crippen LogP contribution in [0.15, 0.2) is 46.9 Å². The molecule has 0 fully saturated rings. The molecule has 0 amide bonds. The quantitative estimate of drug-likeness (QED) is 0.418. The van der Waals surface area contributed by atoms with Gasteiger partial charge in [-0.25, -0.2) is 0 Å². The highest BCUT2D eigenvalue weighted by Gasteiger charge is 2.14. The predicted octanol–water partition coefficient (Wildman–Crippen LogP) is 5.14. The Morgan fingerprint density at radius 1 is 1.00 bits per heavy atom. The molecular formula is C25H33NO4. The Bertz CT molecular complexity index is 930. The molecule has 0 aliphatic heterocycles. The van der Waals surface area contributed by atoms with Gasteiger partial charge in [0.25, 0.3) is 0 Å². The molecule has 162 valence electrons. The van der Waals surface area contributed by atoms with Gasteiger partial charge >= 0.3 is 0 Å². The number of methoxy groups -OCH3 is 1. The number of aliphatic hydroxyl groups excluding tert-OH is 1. The Balaban J connectivity index is 1.80. The van der Waals surface area contributed by atoms with E-state index in [4.69, 9.17) is 19.0 Å². The molecule has 1 aromatic heterocycles. The lowest BCUT2D eigenvalue weighted by Crippen LogP contribution is -2.25.